The molecule has 1 aromatic carbocycles. The first-order valence-electron chi connectivity index (χ1n) is 7.92. The van der Waals surface area contributed by atoms with Crippen LogP contribution in [0, 0.1) is 11.7 Å². The van der Waals surface area contributed by atoms with E-state index in [0.717, 1.165) is 24.1 Å². The van der Waals surface area contributed by atoms with Crippen molar-refractivity contribution < 1.29 is 14.3 Å². The van der Waals surface area contributed by atoms with Crippen LogP contribution in [0.5, 0.6) is 0 Å². The van der Waals surface area contributed by atoms with Gasteiger partial charge in [-0.3, -0.25) is 4.79 Å². The molecule has 1 aliphatic rings. The molecule has 1 aromatic heterocycles. The van der Waals surface area contributed by atoms with Crippen LogP contribution in [0.25, 0.3) is 6.08 Å². The van der Waals surface area contributed by atoms with Gasteiger partial charge in [0.25, 0.3) is 0 Å². The second-order valence-electron chi connectivity index (χ2n) is 5.91. The molecule has 1 saturated heterocycles. The fourth-order valence-corrected chi connectivity index (χ4v) is 3.46. The minimum Gasteiger partial charge on any atom is -0.388 e. The molecule has 0 spiro atoms. The number of hydrogen-bond donors (Lipinski definition) is 1. The maximum Gasteiger partial charge on any atom is 0.246 e. The fraction of sp³-hybridized carbons (Fsp3) is 0.333. The van der Waals surface area contributed by atoms with Crippen molar-refractivity contribution in [2.24, 2.45) is 5.92 Å². The number of amides is 1. The lowest BCUT2D eigenvalue weighted by molar-refractivity contribution is -0.127. The molecule has 0 radical (unpaired) electrons. The number of aromatic nitrogens is 1. The number of carbonyl (C=O) groups excluding carboxylic acids is 1. The molecule has 2 heterocycles. The molecule has 6 heteroatoms. The van der Waals surface area contributed by atoms with Crippen molar-refractivity contribution in [2.75, 3.05) is 13.1 Å². The zero-order chi connectivity index (χ0) is 16.9. The zero-order valence-electron chi connectivity index (χ0n) is 13.1. The maximum atomic E-state index is 13.0. The van der Waals surface area contributed by atoms with Gasteiger partial charge in [-0.05, 0) is 42.5 Å². The topological polar surface area (TPSA) is 53.4 Å². The van der Waals surface area contributed by atoms with E-state index in [-0.39, 0.29) is 17.6 Å². The third-order valence-corrected chi connectivity index (χ3v) is 4.96. The molecule has 1 atom stereocenters. The van der Waals surface area contributed by atoms with Gasteiger partial charge in [0.1, 0.15) is 5.82 Å². The van der Waals surface area contributed by atoms with Crippen LogP contribution < -0.4 is 0 Å². The highest BCUT2D eigenvalue weighted by atomic mass is 32.1. The highest BCUT2D eigenvalue weighted by molar-refractivity contribution is 7.07. The molecule has 126 valence electrons. The first-order valence-corrected chi connectivity index (χ1v) is 8.86. The van der Waals surface area contributed by atoms with Gasteiger partial charge in [0.2, 0.25) is 5.91 Å². The van der Waals surface area contributed by atoms with Crippen LogP contribution in [0.4, 0.5) is 4.39 Å². The summed E-state index contributed by atoms with van der Waals surface area (Å²) in [7, 11) is 0. The molecular weight excluding hydrogens is 327 g/mol. The van der Waals surface area contributed by atoms with Crippen LogP contribution in [0.2, 0.25) is 0 Å². The molecule has 4 nitrogen and oxygen atoms in total. The summed E-state index contributed by atoms with van der Waals surface area (Å²) in [5.74, 6) is -0.252. The van der Waals surface area contributed by atoms with Gasteiger partial charge in [-0.1, -0.05) is 12.1 Å². The molecule has 0 aliphatic carbocycles. The Hall–Kier alpha value is -2.05. The second-order valence-corrected chi connectivity index (χ2v) is 6.62. The molecule has 0 saturated carbocycles. The summed E-state index contributed by atoms with van der Waals surface area (Å²) in [6.07, 6.45) is 4.11. The molecule has 1 amide bonds. The van der Waals surface area contributed by atoms with E-state index in [1.165, 1.54) is 23.5 Å². The number of benzene rings is 1. The van der Waals surface area contributed by atoms with Crippen LogP contribution in [0.3, 0.4) is 0 Å². The Bertz CT molecular complexity index is 692. The van der Waals surface area contributed by atoms with Gasteiger partial charge in [-0.25, -0.2) is 9.37 Å². The van der Waals surface area contributed by atoms with Gasteiger partial charge >= 0.3 is 0 Å². The average Bonchev–Trinajstić information content (AvgIpc) is 3.13. The van der Waals surface area contributed by atoms with Gasteiger partial charge < -0.3 is 10.0 Å². The van der Waals surface area contributed by atoms with Crippen LogP contribution in [0.1, 0.15) is 30.2 Å². The smallest absolute Gasteiger partial charge is 0.246 e. The number of rotatable bonds is 4. The number of nitrogens with zero attached hydrogens (tertiary/aromatic N) is 2. The van der Waals surface area contributed by atoms with E-state index in [1.807, 2.05) is 5.38 Å². The van der Waals surface area contributed by atoms with E-state index in [1.54, 1.807) is 34.7 Å². The van der Waals surface area contributed by atoms with Crippen molar-refractivity contribution in [1.82, 2.24) is 9.88 Å². The molecule has 24 heavy (non-hydrogen) atoms. The lowest BCUT2D eigenvalue weighted by Crippen LogP contribution is -2.38. The van der Waals surface area contributed by atoms with Crippen molar-refractivity contribution in [3.63, 3.8) is 0 Å². The van der Waals surface area contributed by atoms with Crippen molar-refractivity contribution in [3.8, 4) is 0 Å². The third-order valence-electron chi connectivity index (χ3n) is 4.36. The summed E-state index contributed by atoms with van der Waals surface area (Å²) in [5, 5.41) is 12.3. The van der Waals surface area contributed by atoms with Gasteiger partial charge in [-0.2, -0.15) is 0 Å². The number of hydrogen-bond acceptors (Lipinski definition) is 4. The number of likely N-dealkylation sites (tertiary alicyclic amines) is 1. The summed E-state index contributed by atoms with van der Waals surface area (Å²) >= 11 is 1.49. The van der Waals surface area contributed by atoms with E-state index < -0.39 is 6.10 Å². The molecule has 0 bridgehead atoms. The number of thiazole rings is 1. The number of aliphatic hydroxyl groups is 1. The summed E-state index contributed by atoms with van der Waals surface area (Å²) in [5.41, 5.74) is 3.24. The first-order chi connectivity index (χ1) is 11.6. The van der Waals surface area contributed by atoms with Crippen molar-refractivity contribution in [1.29, 1.82) is 0 Å². The van der Waals surface area contributed by atoms with E-state index in [4.69, 9.17) is 0 Å². The van der Waals surface area contributed by atoms with E-state index in [0.29, 0.717) is 13.1 Å². The molecule has 1 aliphatic heterocycles. The Morgan fingerprint density at radius 3 is 2.67 bits per heavy atom. The summed E-state index contributed by atoms with van der Waals surface area (Å²) in [6, 6.07) is 5.96. The standard InChI is InChI=1S/C18H19FN2O2S/c19-15-3-1-13(2-4-15)18(23)14-7-9-21(10-8-14)17(22)6-5-16-11-24-12-20-16/h1-6,11-12,14,18,23H,7-10H2/b6-5+/t18-/m0/s1. The van der Waals surface area contributed by atoms with E-state index in [9.17, 15) is 14.3 Å². The molecule has 2 aromatic rings. The third kappa shape index (κ3) is 4.07. The Morgan fingerprint density at radius 1 is 1.33 bits per heavy atom. The molecule has 1 fully saturated rings. The quantitative estimate of drug-likeness (QED) is 0.865. The molecular formula is C18H19FN2O2S. The maximum absolute atomic E-state index is 13.0. The molecule has 0 unspecified atom stereocenters. The Kier molecular flexibility index (Phi) is 5.37. The monoisotopic (exact) mass is 346 g/mol. The second kappa shape index (κ2) is 7.68. The van der Waals surface area contributed by atoms with Gasteiger partial charge in [0, 0.05) is 24.5 Å². The SMILES string of the molecule is O=C(/C=C/c1cscn1)N1CCC([C@@H](O)c2ccc(F)cc2)CC1. The fourth-order valence-electron chi connectivity index (χ4n) is 2.93. The van der Waals surface area contributed by atoms with Gasteiger partial charge in [-0.15, -0.1) is 11.3 Å². The first kappa shape index (κ1) is 16.8. The highest BCUT2D eigenvalue weighted by Gasteiger charge is 2.27. The molecule has 1 N–H and O–H groups in total. The minimum absolute atomic E-state index is 0.0299. The van der Waals surface area contributed by atoms with Crippen molar-refractivity contribution >= 4 is 23.3 Å². The normalized spacial score (nSPS) is 17.3. The summed E-state index contributed by atoms with van der Waals surface area (Å²) in [4.78, 5) is 18.1. The summed E-state index contributed by atoms with van der Waals surface area (Å²) < 4.78 is 13.0. The van der Waals surface area contributed by atoms with Crippen LogP contribution >= 0.6 is 11.3 Å². The number of aliphatic hydroxyl groups excluding tert-OH is 1. The van der Waals surface area contributed by atoms with Crippen molar-refractivity contribution in [2.45, 2.75) is 18.9 Å². The molecule has 3 rings (SSSR count). The number of carbonyl (C=O) groups is 1. The van der Waals surface area contributed by atoms with Gasteiger partial charge in [0.05, 0.1) is 17.3 Å². The van der Waals surface area contributed by atoms with Crippen LogP contribution in [-0.4, -0.2) is 34.0 Å². The Labute approximate surface area is 144 Å². The predicted octanol–water partition coefficient (Wildman–Crippen LogP) is 3.27. The minimum atomic E-state index is -0.617. The van der Waals surface area contributed by atoms with Crippen LogP contribution in [0.15, 0.2) is 41.2 Å². The Balaban J connectivity index is 1.53. The lowest BCUT2D eigenvalue weighted by Gasteiger charge is -2.33. The average molecular weight is 346 g/mol. The zero-order valence-corrected chi connectivity index (χ0v) is 14.0. The number of piperidine rings is 1. The number of halogens is 1. The van der Waals surface area contributed by atoms with Crippen LogP contribution in [-0.2, 0) is 4.79 Å². The van der Waals surface area contributed by atoms with Gasteiger partial charge in [0.15, 0.2) is 0 Å². The predicted molar refractivity (Wildman–Crippen MR) is 91.8 cm³/mol. The van der Waals surface area contributed by atoms with Crippen molar-refractivity contribution in [3.05, 3.63) is 58.3 Å². The Morgan fingerprint density at radius 2 is 2.04 bits per heavy atom. The highest BCUT2D eigenvalue weighted by Crippen LogP contribution is 2.30. The van der Waals surface area contributed by atoms with E-state index >= 15 is 0 Å². The lowest BCUT2D eigenvalue weighted by atomic mass is 9.87. The summed E-state index contributed by atoms with van der Waals surface area (Å²) in [6.45, 7) is 1.23. The van der Waals surface area contributed by atoms with E-state index in [2.05, 4.69) is 4.98 Å². The largest absolute Gasteiger partial charge is 0.388 e.